The van der Waals surface area contributed by atoms with Gasteiger partial charge in [0.15, 0.2) is 12.1 Å². The second-order valence-corrected chi connectivity index (χ2v) is 7.11. The summed E-state index contributed by atoms with van der Waals surface area (Å²) in [5, 5.41) is 0.0583. The third-order valence-electron chi connectivity index (χ3n) is 2.40. The molecule has 0 saturated heterocycles. The van der Waals surface area contributed by atoms with E-state index in [0.717, 1.165) is 12.8 Å². The van der Waals surface area contributed by atoms with Crippen LogP contribution in [0.5, 0.6) is 0 Å². The van der Waals surface area contributed by atoms with Crippen molar-refractivity contribution < 1.29 is 13.4 Å². The summed E-state index contributed by atoms with van der Waals surface area (Å²) in [4.78, 5) is 10.9. The Labute approximate surface area is 130 Å². The normalized spacial score (nSPS) is 12.2. The molecule has 0 N–H and O–H groups in total. The van der Waals surface area contributed by atoms with Crippen molar-refractivity contribution in [3.05, 3.63) is 28.5 Å². The second-order valence-electron chi connectivity index (χ2n) is 4.03. The van der Waals surface area contributed by atoms with Gasteiger partial charge in [-0.1, -0.05) is 25.4 Å². The van der Waals surface area contributed by atoms with Gasteiger partial charge in [0, 0.05) is 11.5 Å². The minimum absolute atomic E-state index is 0.0583. The van der Waals surface area contributed by atoms with Crippen molar-refractivity contribution in [3.8, 4) is 0 Å². The van der Waals surface area contributed by atoms with Gasteiger partial charge in [-0.25, -0.2) is 12.3 Å². The van der Waals surface area contributed by atoms with Crippen LogP contribution in [0.3, 0.4) is 0 Å². The Hall–Kier alpha value is -0.590. The van der Waals surface area contributed by atoms with Gasteiger partial charge in [0.05, 0.1) is 16.3 Å². The summed E-state index contributed by atoms with van der Waals surface area (Å²) in [7, 11) is -1.34. The van der Waals surface area contributed by atoms with Gasteiger partial charge >= 0.3 is 0 Å². The maximum Gasteiger partial charge on any atom is 0.160 e. The first kappa shape index (κ1) is 17.5. The lowest BCUT2D eigenvalue weighted by Gasteiger charge is -2.22. The molecule has 0 spiro atoms. The Bertz CT molecular complexity index is 500. The Kier molecular flexibility index (Phi) is 7.55. The number of rotatable bonds is 8. The fourth-order valence-corrected chi connectivity index (χ4v) is 4.09. The van der Waals surface area contributed by atoms with Gasteiger partial charge in [0.25, 0.3) is 0 Å². The summed E-state index contributed by atoms with van der Waals surface area (Å²) in [6.45, 7) is 3.90. The van der Waals surface area contributed by atoms with E-state index in [1.54, 1.807) is 0 Å². The smallest absolute Gasteiger partial charge is 0.160 e. The summed E-state index contributed by atoms with van der Waals surface area (Å²) < 4.78 is 28.0. The van der Waals surface area contributed by atoms with Gasteiger partial charge in [0.2, 0.25) is 0 Å². The molecule has 1 unspecified atom stereocenters. The average Bonchev–Trinajstić information content (AvgIpc) is 2.42. The third-order valence-corrected chi connectivity index (χ3v) is 5.89. The highest BCUT2D eigenvalue weighted by molar-refractivity contribution is 8.12. The molecule has 0 fully saturated rings. The molecule has 0 amide bonds. The highest BCUT2D eigenvalue weighted by atomic mass is 35.5. The number of carbonyl (C=O) groups excluding carboxylic acids is 1. The maximum absolute atomic E-state index is 14.3. The zero-order chi connectivity index (χ0) is 15.1. The van der Waals surface area contributed by atoms with Crippen molar-refractivity contribution in [2.24, 2.45) is 0 Å². The summed E-state index contributed by atoms with van der Waals surface area (Å²) >= 11 is 7.08. The summed E-state index contributed by atoms with van der Waals surface area (Å²) in [5.41, 5.74) is -0.0542. The summed E-state index contributed by atoms with van der Waals surface area (Å²) in [6.07, 6.45) is 1.98. The lowest BCUT2D eigenvalue weighted by molar-refractivity contribution is 0.112. The Morgan fingerprint density at radius 3 is 2.65 bits per heavy atom. The molecule has 0 radical (unpaired) electrons. The quantitative estimate of drug-likeness (QED) is 0.526. The molecule has 3 nitrogen and oxygen atoms in total. The molecule has 0 aliphatic carbocycles. The first-order valence-corrected chi connectivity index (χ1v) is 8.91. The average molecular weight is 338 g/mol. The molecule has 0 heterocycles. The van der Waals surface area contributed by atoms with Gasteiger partial charge < -0.3 is 0 Å². The summed E-state index contributed by atoms with van der Waals surface area (Å²) in [6, 6.07) is 2.91. The van der Waals surface area contributed by atoms with E-state index in [9.17, 15) is 13.4 Å². The van der Waals surface area contributed by atoms with Crippen molar-refractivity contribution in [2.45, 2.75) is 26.7 Å². The lowest BCUT2D eigenvalue weighted by Crippen LogP contribution is -2.22. The van der Waals surface area contributed by atoms with Crippen molar-refractivity contribution in [1.82, 2.24) is 0 Å². The molecule has 1 atom stereocenters. The van der Waals surface area contributed by atoms with Gasteiger partial charge in [-0.3, -0.25) is 4.79 Å². The fraction of sp³-hybridized carbons (Fsp3) is 0.462. The predicted molar refractivity (Wildman–Crippen MR) is 85.3 cm³/mol. The van der Waals surface area contributed by atoms with Crippen LogP contribution < -0.4 is 3.71 Å². The van der Waals surface area contributed by atoms with Crippen molar-refractivity contribution in [2.75, 3.05) is 15.2 Å². The van der Waals surface area contributed by atoms with Crippen LogP contribution in [0.1, 0.15) is 37.0 Å². The molecule has 0 bridgehead atoms. The SMILES string of the molecule is CCCSN(c1ccc(Cl)c(C=O)c1F)S(=O)CCC. The predicted octanol–water partition coefficient (Wildman–Crippen LogP) is 4.23. The molecule has 1 rings (SSSR count). The van der Waals surface area contributed by atoms with E-state index in [1.165, 1.54) is 27.8 Å². The van der Waals surface area contributed by atoms with Gasteiger partial charge in [-0.2, -0.15) is 0 Å². The number of hydrogen-bond acceptors (Lipinski definition) is 3. The minimum atomic E-state index is -1.34. The van der Waals surface area contributed by atoms with E-state index < -0.39 is 16.8 Å². The minimum Gasteiger partial charge on any atom is -0.298 e. The molecule has 1 aromatic rings. The van der Waals surface area contributed by atoms with E-state index in [2.05, 4.69) is 0 Å². The first-order valence-electron chi connectivity index (χ1n) is 6.31. The molecular formula is C13H17ClFNO2S2. The second kappa shape index (κ2) is 8.64. The molecule has 7 heteroatoms. The Balaban J connectivity index is 3.19. The number of hydrogen-bond donors (Lipinski definition) is 0. The van der Waals surface area contributed by atoms with Crippen LogP contribution in [0.25, 0.3) is 0 Å². The first-order chi connectivity index (χ1) is 9.56. The number of carbonyl (C=O) groups is 1. The maximum atomic E-state index is 14.3. The highest BCUT2D eigenvalue weighted by Gasteiger charge is 2.21. The topological polar surface area (TPSA) is 37.4 Å². The van der Waals surface area contributed by atoms with Crippen LogP contribution in [0.15, 0.2) is 12.1 Å². The number of benzene rings is 1. The standard InChI is InChI=1S/C13H17ClFNO2S2/c1-3-7-19-16(20(18)8-4-2)12-6-5-11(14)10(9-17)13(12)15/h5-6,9H,3-4,7-8H2,1-2H3. The molecule has 0 saturated carbocycles. The molecule has 0 aliphatic heterocycles. The number of anilines is 1. The van der Waals surface area contributed by atoms with Crippen LogP contribution in [0, 0.1) is 5.82 Å². The van der Waals surface area contributed by atoms with E-state index in [1.807, 2.05) is 13.8 Å². The molecule has 0 aromatic heterocycles. The number of nitrogens with zero attached hydrogens (tertiary/aromatic N) is 1. The van der Waals surface area contributed by atoms with Gasteiger partial charge in [0.1, 0.15) is 11.0 Å². The van der Waals surface area contributed by atoms with Crippen LogP contribution in [0.2, 0.25) is 5.02 Å². The van der Waals surface area contributed by atoms with Crippen LogP contribution in [-0.4, -0.2) is 22.0 Å². The van der Waals surface area contributed by atoms with Gasteiger partial charge in [-0.05, 0) is 36.9 Å². The van der Waals surface area contributed by atoms with Crippen molar-refractivity contribution in [3.63, 3.8) is 0 Å². The van der Waals surface area contributed by atoms with Crippen molar-refractivity contribution >= 4 is 46.5 Å². The van der Waals surface area contributed by atoms with Crippen LogP contribution in [-0.2, 0) is 11.0 Å². The Morgan fingerprint density at radius 2 is 2.10 bits per heavy atom. The monoisotopic (exact) mass is 337 g/mol. The molecule has 1 aromatic carbocycles. The Morgan fingerprint density at radius 1 is 1.40 bits per heavy atom. The molecular weight excluding hydrogens is 321 g/mol. The number of halogens is 2. The zero-order valence-electron chi connectivity index (χ0n) is 11.4. The van der Waals surface area contributed by atoms with Gasteiger partial charge in [-0.15, -0.1) is 0 Å². The molecule has 20 heavy (non-hydrogen) atoms. The fourth-order valence-electron chi connectivity index (χ4n) is 1.48. The van der Waals surface area contributed by atoms with Crippen LogP contribution >= 0.6 is 23.5 Å². The van der Waals surface area contributed by atoms with Crippen molar-refractivity contribution in [1.29, 1.82) is 0 Å². The third kappa shape index (κ3) is 4.20. The van der Waals surface area contributed by atoms with E-state index in [-0.39, 0.29) is 16.3 Å². The molecule has 112 valence electrons. The highest BCUT2D eigenvalue weighted by Crippen LogP contribution is 2.32. The lowest BCUT2D eigenvalue weighted by atomic mass is 10.2. The van der Waals surface area contributed by atoms with E-state index >= 15 is 0 Å². The zero-order valence-corrected chi connectivity index (χ0v) is 13.8. The van der Waals surface area contributed by atoms with E-state index in [4.69, 9.17) is 11.6 Å². The van der Waals surface area contributed by atoms with Crippen LogP contribution in [0.4, 0.5) is 10.1 Å². The summed E-state index contributed by atoms with van der Waals surface area (Å²) in [5.74, 6) is 0.434. The molecule has 0 aliphatic rings. The largest absolute Gasteiger partial charge is 0.298 e. The number of aldehydes is 1. The van der Waals surface area contributed by atoms with E-state index in [0.29, 0.717) is 17.8 Å².